The van der Waals surface area contributed by atoms with E-state index < -0.39 is 16.0 Å². The van der Waals surface area contributed by atoms with Gasteiger partial charge in [0.1, 0.15) is 0 Å². The van der Waals surface area contributed by atoms with E-state index in [4.69, 9.17) is 4.74 Å². The van der Waals surface area contributed by atoms with Crippen LogP contribution in [-0.4, -0.2) is 42.9 Å². The maximum atomic E-state index is 13.0. The molecule has 0 N–H and O–H groups in total. The number of piperidine rings is 1. The van der Waals surface area contributed by atoms with Gasteiger partial charge in [-0.15, -0.1) is 0 Å². The van der Waals surface area contributed by atoms with Gasteiger partial charge in [-0.3, -0.25) is 4.98 Å². The number of pyridine rings is 1. The molecule has 1 unspecified atom stereocenters. The highest BCUT2D eigenvalue weighted by molar-refractivity contribution is 7.89. The minimum atomic E-state index is -3.62. The average molecular weight is 417 g/mol. The van der Waals surface area contributed by atoms with Crippen molar-refractivity contribution in [1.82, 2.24) is 9.29 Å². The van der Waals surface area contributed by atoms with E-state index in [1.807, 2.05) is 32.0 Å². The van der Waals surface area contributed by atoms with E-state index in [2.05, 4.69) is 4.98 Å². The van der Waals surface area contributed by atoms with Crippen molar-refractivity contribution in [3.63, 3.8) is 0 Å². The van der Waals surface area contributed by atoms with Gasteiger partial charge in [0.25, 0.3) is 0 Å². The molecule has 0 saturated carbocycles. The van der Waals surface area contributed by atoms with Gasteiger partial charge in [-0.2, -0.15) is 4.31 Å². The fraction of sp³-hybridized carbons (Fsp3) is 0.455. The fourth-order valence-corrected chi connectivity index (χ4v) is 5.33. The van der Waals surface area contributed by atoms with Gasteiger partial charge in [0, 0.05) is 24.0 Å². The van der Waals surface area contributed by atoms with Crippen LogP contribution in [0.25, 0.3) is 0 Å². The molecule has 1 aliphatic heterocycles. The lowest BCUT2D eigenvalue weighted by Crippen LogP contribution is -2.41. The van der Waals surface area contributed by atoms with Crippen molar-refractivity contribution in [3.8, 4) is 0 Å². The molecule has 1 aromatic carbocycles. The van der Waals surface area contributed by atoms with Crippen molar-refractivity contribution in [1.29, 1.82) is 0 Å². The largest absolute Gasteiger partial charge is 0.462 e. The summed E-state index contributed by atoms with van der Waals surface area (Å²) in [5.41, 5.74) is 2.18. The highest BCUT2D eigenvalue weighted by atomic mass is 32.2. The van der Waals surface area contributed by atoms with Crippen LogP contribution in [0.1, 0.15) is 54.4 Å². The molecule has 0 bridgehead atoms. The van der Waals surface area contributed by atoms with Crippen LogP contribution < -0.4 is 0 Å². The molecular formula is C22H28N2O4S. The summed E-state index contributed by atoms with van der Waals surface area (Å²) >= 11 is 0. The molecule has 1 aromatic heterocycles. The second kappa shape index (κ2) is 9.50. The monoisotopic (exact) mass is 416 g/mol. The minimum absolute atomic E-state index is 0.0282. The summed E-state index contributed by atoms with van der Waals surface area (Å²) < 4.78 is 32.8. The van der Waals surface area contributed by atoms with Gasteiger partial charge in [-0.05, 0) is 69.9 Å². The Bertz CT molecular complexity index is 959. The first-order valence-corrected chi connectivity index (χ1v) is 11.5. The summed E-state index contributed by atoms with van der Waals surface area (Å²) in [6.45, 7) is 4.65. The molecule has 29 heavy (non-hydrogen) atoms. The minimum Gasteiger partial charge on any atom is -0.462 e. The van der Waals surface area contributed by atoms with Gasteiger partial charge < -0.3 is 4.74 Å². The van der Waals surface area contributed by atoms with Gasteiger partial charge >= 0.3 is 5.97 Å². The van der Waals surface area contributed by atoms with Crippen molar-refractivity contribution < 1.29 is 17.9 Å². The molecule has 6 nitrogen and oxygen atoms in total. The predicted molar refractivity (Wildman–Crippen MR) is 111 cm³/mol. The molecule has 1 saturated heterocycles. The SMILES string of the molecule is Cc1cccc(CCCOC(=O)c2cccc(S(=O)(=O)N3CCCCC3C)c2)n1. The maximum Gasteiger partial charge on any atom is 0.338 e. The molecule has 2 aromatic rings. The lowest BCUT2D eigenvalue weighted by molar-refractivity contribution is 0.0500. The first-order chi connectivity index (χ1) is 13.9. The van der Waals surface area contributed by atoms with Gasteiger partial charge in [-0.25, -0.2) is 13.2 Å². The highest BCUT2D eigenvalue weighted by Gasteiger charge is 2.31. The number of sulfonamides is 1. The Balaban J connectivity index is 1.60. The molecule has 0 amide bonds. The lowest BCUT2D eigenvalue weighted by Gasteiger charge is -2.32. The van der Waals surface area contributed by atoms with Gasteiger partial charge in [0.2, 0.25) is 10.0 Å². The van der Waals surface area contributed by atoms with E-state index in [1.165, 1.54) is 16.4 Å². The standard InChI is InChI=1S/C22H28N2O4S/c1-17-8-5-11-20(23-17)12-7-15-28-22(25)19-10-6-13-21(16-19)29(26,27)24-14-4-3-9-18(24)2/h5-6,8,10-11,13,16,18H,3-4,7,9,12,14-15H2,1-2H3. The number of aryl methyl sites for hydroxylation is 2. The molecule has 2 heterocycles. The second-order valence-corrected chi connectivity index (χ2v) is 9.39. The van der Waals surface area contributed by atoms with Crippen LogP contribution in [0.2, 0.25) is 0 Å². The maximum absolute atomic E-state index is 13.0. The molecule has 1 fully saturated rings. The van der Waals surface area contributed by atoms with E-state index in [9.17, 15) is 13.2 Å². The topological polar surface area (TPSA) is 76.6 Å². The molecule has 156 valence electrons. The van der Waals surface area contributed by atoms with Crippen LogP contribution in [-0.2, 0) is 21.2 Å². The zero-order valence-corrected chi connectivity index (χ0v) is 17.8. The summed E-state index contributed by atoms with van der Waals surface area (Å²) in [5.74, 6) is -0.508. The number of carbonyl (C=O) groups excluding carboxylic acids is 1. The van der Waals surface area contributed by atoms with E-state index in [0.29, 0.717) is 13.0 Å². The van der Waals surface area contributed by atoms with Crippen molar-refractivity contribution >= 4 is 16.0 Å². The van der Waals surface area contributed by atoms with Crippen molar-refractivity contribution in [3.05, 3.63) is 59.4 Å². The normalized spacial score (nSPS) is 17.8. The van der Waals surface area contributed by atoms with Crippen LogP contribution in [0.5, 0.6) is 0 Å². The summed E-state index contributed by atoms with van der Waals surface area (Å²) in [5, 5.41) is 0. The molecule has 1 atom stereocenters. The summed E-state index contributed by atoms with van der Waals surface area (Å²) in [7, 11) is -3.62. The Labute approximate surface area is 173 Å². The van der Waals surface area contributed by atoms with E-state index in [0.717, 1.165) is 37.1 Å². The van der Waals surface area contributed by atoms with E-state index in [-0.39, 0.29) is 23.1 Å². The number of nitrogens with zero attached hydrogens (tertiary/aromatic N) is 2. The Morgan fingerprint density at radius 2 is 2.00 bits per heavy atom. The summed E-state index contributed by atoms with van der Waals surface area (Å²) in [6, 6.07) is 12.0. The van der Waals surface area contributed by atoms with E-state index >= 15 is 0 Å². The number of aromatic nitrogens is 1. The molecular weight excluding hydrogens is 388 g/mol. The number of hydrogen-bond donors (Lipinski definition) is 0. The van der Waals surface area contributed by atoms with Crippen LogP contribution in [0, 0.1) is 6.92 Å². The Hall–Kier alpha value is -2.25. The quantitative estimate of drug-likeness (QED) is 0.508. The van der Waals surface area contributed by atoms with Crippen molar-refractivity contribution in [2.75, 3.05) is 13.2 Å². The van der Waals surface area contributed by atoms with Crippen LogP contribution in [0.4, 0.5) is 0 Å². The zero-order valence-electron chi connectivity index (χ0n) is 17.0. The molecule has 0 radical (unpaired) electrons. The Morgan fingerprint density at radius 3 is 2.76 bits per heavy atom. The second-order valence-electron chi connectivity index (χ2n) is 7.50. The first-order valence-electron chi connectivity index (χ1n) is 10.1. The predicted octanol–water partition coefficient (Wildman–Crippen LogP) is 3.74. The third-order valence-electron chi connectivity index (χ3n) is 5.17. The molecule has 0 aliphatic carbocycles. The Kier molecular flexibility index (Phi) is 7.03. The summed E-state index contributed by atoms with van der Waals surface area (Å²) in [6.07, 6.45) is 4.14. The van der Waals surface area contributed by atoms with Crippen molar-refractivity contribution in [2.45, 2.75) is 56.9 Å². The number of rotatable bonds is 7. The first kappa shape index (κ1) is 21.5. The lowest BCUT2D eigenvalue weighted by atomic mass is 10.1. The van der Waals surface area contributed by atoms with Gasteiger partial charge in [0.15, 0.2) is 0 Å². The molecule has 0 spiro atoms. The average Bonchev–Trinajstić information content (AvgIpc) is 2.71. The smallest absolute Gasteiger partial charge is 0.338 e. The summed E-state index contributed by atoms with van der Waals surface area (Å²) in [4.78, 5) is 17.0. The number of esters is 1. The van der Waals surface area contributed by atoms with Gasteiger partial charge in [0.05, 0.1) is 17.1 Å². The van der Waals surface area contributed by atoms with Crippen LogP contribution in [0.3, 0.4) is 0 Å². The highest BCUT2D eigenvalue weighted by Crippen LogP contribution is 2.25. The number of ether oxygens (including phenoxy) is 1. The molecule has 7 heteroatoms. The zero-order chi connectivity index (χ0) is 20.9. The van der Waals surface area contributed by atoms with Crippen molar-refractivity contribution in [2.24, 2.45) is 0 Å². The number of benzene rings is 1. The molecule has 3 rings (SSSR count). The third-order valence-corrected chi connectivity index (χ3v) is 7.18. The van der Waals surface area contributed by atoms with Crippen LogP contribution in [0.15, 0.2) is 47.4 Å². The van der Waals surface area contributed by atoms with E-state index in [1.54, 1.807) is 12.1 Å². The fourth-order valence-electron chi connectivity index (χ4n) is 3.59. The Morgan fingerprint density at radius 1 is 1.21 bits per heavy atom. The number of carbonyl (C=O) groups is 1. The van der Waals surface area contributed by atoms with Crippen LogP contribution >= 0.6 is 0 Å². The number of hydrogen-bond acceptors (Lipinski definition) is 5. The van der Waals surface area contributed by atoms with Gasteiger partial charge in [-0.1, -0.05) is 18.6 Å². The molecule has 1 aliphatic rings. The third kappa shape index (κ3) is 5.42.